The number of hydrogen-bond donors (Lipinski definition) is 0. The zero-order valence-electron chi connectivity index (χ0n) is 23.3. The Morgan fingerprint density at radius 1 is 0.513 bits per heavy atom. The van der Waals surface area contributed by atoms with E-state index in [-0.39, 0.29) is 5.41 Å². The molecule has 0 saturated carbocycles. The lowest BCUT2D eigenvalue weighted by Crippen LogP contribution is -2.25. The molecule has 0 nitrogen and oxygen atoms in total. The van der Waals surface area contributed by atoms with Gasteiger partial charge in [-0.05, 0) is 92.2 Å². The fraction of sp³-hybridized carbons (Fsp3) is 0.515. The number of halogens is 2. The van der Waals surface area contributed by atoms with E-state index in [0.717, 1.165) is 0 Å². The molecule has 0 spiro atoms. The van der Waals surface area contributed by atoms with Crippen LogP contribution in [0.15, 0.2) is 44.0 Å². The fourth-order valence-electron chi connectivity index (χ4n) is 6.19. The van der Waals surface area contributed by atoms with Crippen LogP contribution in [-0.2, 0) is 5.41 Å². The van der Waals surface area contributed by atoms with Gasteiger partial charge in [-0.2, -0.15) is 0 Å². The molecule has 0 saturated heterocycles. The topological polar surface area (TPSA) is 0 Å². The van der Waals surface area contributed by atoms with E-state index in [1.807, 2.05) is 45.3 Å². The van der Waals surface area contributed by atoms with Crippen LogP contribution in [0.5, 0.6) is 0 Å². The van der Waals surface area contributed by atoms with Crippen molar-refractivity contribution in [2.45, 2.75) is 109 Å². The van der Waals surface area contributed by atoms with Crippen molar-refractivity contribution in [2.24, 2.45) is 0 Å². The molecular weight excluding hydrogens is 684 g/mol. The van der Waals surface area contributed by atoms with Crippen LogP contribution in [0.4, 0.5) is 0 Å². The van der Waals surface area contributed by atoms with Gasteiger partial charge in [0.25, 0.3) is 0 Å². The van der Waals surface area contributed by atoms with Crippen LogP contribution in [0.2, 0.25) is 0 Å². The number of hydrogen-bond acceptors (Lipinski definition) is 4. The molecule has 0 N–H and O–H groups in total. The molecule has 1 aliphatic carbocycles. The lowest BCUT2D eigenvalue weighted by molar-refractivity contribution is 0.399. The molecule has 0 aromatic carbocycles. The molecule has 0 amide bonds. The molecular formula is C33H40Br2S4. The summed E-state index contributed by atoms with van der Waals surface area (Å²) in [5, 5.41) is 0. The number of fused-ring (bicyclic) bond motifs is 3. The molecule has 0 atom stereocenters. The maximum Gasteiger partial charge on any atom is 0.0705 e. The molecule has 4 aromatic rings. The molecule has 5 rings (SSSR count). The van der Waals surface area contributed by atoms with Gasteiger partial charge in [-0.1, -0.05) is 90.9 Å². The third kappa shape index (κ3) is 6.88. The van der Waals surface area contributed by atoms with Gasteiger partial charge in [0.2, 0.25) is 0 Å². The molecule has 39 heavy (non-hydrogen) atoms. The second-order valence-corrected chi connectivity index (χ2v) is 18.1. The minimum absolute atomic E-state index is 0.173. The van der Waals surface area contributed by atoms with Gasteiger partial charge in [0.05, 0.1) is 7.57 Å². The average Bonchev–Trinajstić information content (AvgIpc) is 3.73. The van der Waals surface area contributed by atoms with Gasteiger partial charge >= 0.3 is 0 Å². The molecule has 0 unspecified atom stereocenters. The summed E-state index contributed by atoms with van der Waals surface area (Å²) in [5.41, 5.74) is 3.47. The van der Waals surface area contributed by atoms with E-state index >= 15 is 0 Å². The van der Waals surface area contributed by atoms with Crippen molar-refractivity contribution in [3.63, 3.8) is 0 Å². The predicted molar refractivity (Wildman–Crippen MR) is 186 cm³/mol. The Morgan fingerprint density at radius 3 is 1.31 bits per heavy atom. The Hall–Kier alpha value is -0.240. The van der Waals surface area contributed by atoms with E-state index in [0.29, 0.717) is 0 Å². The van der Waals surface area contributed by atoms with Crippen LogP contribution < -0.4 is 0 Å². The summed E-state index contributed by atoms with van der Waals surface area (Å²) < 4.78 is 2.44. The minimum atomic E-state index is 0.173. The molecule has 0 radical (unpaired) electrons. The Bertz CT molecular complexity index is 1230. The molecule has 4 aromatic heterocycles. The molecule has 210 valence electrons. The summed E-state index contributed by atoms with van der Waals surface area (Å²) in [5.74, 6) is 0. The maximum atomic E-state index is 3.71. The molecule has 1 aliphatic rings. The zero-order chi connectivity index (χ0) is 27.2. The van der Waals surface area contributed by atoms with Crippen molar-refractivity contribution in [1.29, 1.82) is 0 Å². The highest BCUT2D eigenvalue weighted by atomic mass is 79.9. The standard InChI is InChI=1S/C33H40Br2S4/c1-3-5-7-9-11-13-19-33(20-14-12-10-8-6-4-2)23-21-27(25-15-17-29(34)36-25)38-31(23)32-24(33)22-28(39-32)26-16-18-30(35)37-26/h15-18,21-22H,3-14,19-20H2,1-2H3. The Kier molecular flexibility index (Phi) is 11.1. The van der Waals surface area contributed by atoms with Gasteiger partial charge in [-0.25, -0.2) is 0 Å². The van der Waals surface area contributed by atoms with E-state index < -0.39 is 0 Å². The summed E-state index contributed by atoms with van der Waals surface area (Å²) in [6, 6.07) is 14.2. The maximum absolute atomic E-state index is 3.71. The smallest absolute Gasteiger partial charge is 0.0705 e. The van der Waals surface area contributed by atoms with Gasteiger partial charge in [-0.15, -0.1) is 45.3 Å². The fourth-order valence-corrected chi connectivity index (χ4v) is 11.8. The van der Waals surface area contributed by atoms with Crippen molar-refractivity contribution in [1.82, 2.24) is 0 Å². The van der Waals surface area contributed by atoms with Gasteiger partial charge in [-0.3, -0.25) is 0 Å². The Balaban J connectivity index is 1.50. The minimum Gasteiger partial charge on any atom is -0.133 e. The van der Waals surface area contributed by atoms with Gasteiger partial charge in [0.15, 0.2) is 0 Å². The number of rotatable bonds is 16. The molecule has 0 fully saturated rings. The Labute approximate surface area is 268 Å². The van der Waals surface area contributed by atoms with Gasteiger partial charge < -0.3 is 0 Å². The van der Waals surface area contributed by atoms with E-state index in [9.17, 15) is 0 Å². The van der Waals surface area contributed by atoms with Crippen LogP contribution in [0, 0.1) is 0 Å². The SMILES string of the molecule is CCCCCCCCC1(CCCCCCCC)c2cc(-c3ccc(Br)s3)sc2-c2sc(-c3ccc(Br)s3)cc21. The highest BCUT2D eigenvalue weighted by Gasteiger charge is 2.45. The van der Waals surface area contributed by atoms with Crippen LogP contribution >= 0.6 is 77.2 Å². The van der Waals surface area contributed by atoms with Gasteiger partial charge in [0, 0.05) is 34.7 Å². The molecule has 4 heterocycles. The third-order valence-electron chi connectivity index (χ3n) is 8.25. The summed E-state index contributed by atoms with van der Waals surface area (Å²) in [4.78, 5) is 8.82. The van der Waals surface area contributed by atoms with Crippen molar-refractivity contribution in [3.05, 3.63) is 55.1 Å². The van der Waals surface area contributed by atoms with Crippen LogP contribution in [0.25, 0.3) is 29.3 Å². The highest BCUT2D eigenvalue weighted by Crippen LogP contribution is 2.62. The first kappa shape index (κ1) is 30.2. The molecule has 0 bridgehead atoms. The van der Waals surface area contributed by atoms with E-state index in [1.54, 1.807) is 20.9 Å². The van der Waals surface area contributed by atoms with Crippen LogP contribution in [0.1, 0.15) is 115 Å². The van der Waals surface area contributed by atoms with Gasteiger partial charge in [0.1, 0.15) is 0 Å². The van der Waals surface area contributed by atoms with E-state index in [2.05, 4.69) is 82.1 Å². The first-order valence-electron chi connectivity index (χ1n) is 14.9. The summed E-state index contributed by atoms with van der Waals surface area (Å²) >= 11 is 15.2. The predicted octanol–water partition coefficient (Wildman–Crippen LogP) is 14.6. The second-order valence-electron chi connectivity index (χ2n) is 11.0. The highest BCUT2D eigenvalue weighted by molar-refractivity contribution is 9.11. The van der Waals surface area contributed by atoms with Crippen molar-refractivity contribution >= 4 is 77.2 Å². The number of thiophene rings is 4. The van der Waals surface area contributed by atoms with Crippen molar-refractivity contribution in [2.75, 3.05) is 0 Å². The second kappa shape index (κ2) is 14.3. The normalized spacial score (nSPS) is 13.7. The van der Waals surface area contributed by atoms with Crippen LogP contribution in [-0.4, -0.2) is 0 Å². The van der Waals surface area contributed by atoms with E-state index in [4.69, 9.17) is 0 Å². The lowest BCUT2D eigenvalue weighted by atomic mass is 9.71. The molecule has 6 heteroatoms. The third-order valence-corrected chi connectivity index (χ3v) is 14.3. The average molecular weight is 725 g/mol. The first-order valence-corrected chi connectivity index (χ1v) is 19.7. The Morgan fingerprint density at radius 2 is 0.923 bits per heavy atom. The largest absolute Gasteiger partial charge is 0.133 e. The quantitative estimate of drug-likeness (QED) is 0.101. The first-order chi connectivity index (χ1) is 19.1. The summed E-state index contributed by atoms with van der Waals surface area (Å²) in [7, 11) is 0. The monoisotopic (exact) mass is 722 g/mol. The van der Waals surface area contributed by atoms with Crippen molar-refractivity contribution in [3.8, 4) is 29.3 Å². The number of unbranched alkanes of at least 4 members (excludes halogenated alkanes) is 10. The zero-order valence-corrected chi connectivity index (χ0v) is 29.7. The lowest BCUT2D eigenvalue weighted by Gasteiger charge is -2.31. The van der Waals surface area contributed by atoms with Crippen molar-refractivity contribution < 1.29 is 0 Å². The summed E-state index contributed by atoms with van der Waals surface area (Å²) in [6.07, 6.45) is 19.0. The molecule has 0 aliphatic heterocycles. The van der Waals surface area contributed by atoms with Crippen LogP contribution in [0.3, 0.4) is 0 Å². The summed E-state index contributed by atoms with van der Waals surface area (Å²) in [6.45, 7) is 4.63. The van der Waals surface area contributed by atoms with E-state index in [1.165, 1.54) is 117 Å².